The molecule has 4 nitrogen and oxygen atoms in total. The highest BCUT2D eigenvalue weighted by atomic mass is 19.4. The zero-order chi connectivity index (χ0) is 17.7. The molecule has 134 valence electrons. The van der Waals surface area contributed by atoms with Crippen LogP contribution in [0.25, 0.3) is 0 Å². The van der Waals surface area contributed by atoms with Crippen LogP contribution in [0.2, 0.25) is 0 Å². The van der Waals surface area contributed by atoms with Crippen molar-refractivity contribution in [1.82, 2.24) is 5.32 Å². The van der Waals surface area contributed by atoms with Gasteiger partial charge in [-0.1, -0.05) is 13.8 Å². The Balaban J connectivity index is 2.42. The molecule has 0 aromatic rings. The van der Waals surface area contributed by atoms with E-state index in [9.17, 15) is 27.9 Å². The Morgan fingerprint density at radius 3 is 2.00 bits per heavy atom. The molecule has 1 amide bonds. The molecule has 1 fully saturated rings. The summed E-state index contributed by atoms with van der Waals surface area (Å²) in [4.78, 5) is 23.3. The van der Waals surface area contributed by atoms with Gasteiger partial charge >= 0.3 is 12.1 Å². The van der Waals surface area contributed by atoms with Crippen LogP contribution in [0, 0.1) is 17.3 Å². The van der Waals surface area contributed by atoms with Crippen molar-refractivity contribution in [3.63, 3.8) is 0 Å². The van der Waals surface area contributed by atoms with E-state index in [1.54, 1.807) is 13.8 Å². The van der Waals surface area contributed by atoms with Crippen molar-refractivity contribution < 1.29 is 27.9 Å². The van der Waals surface area contributed by atoms with Crippen LogP contribution >= 0.6 is 0 Å². The topological polar surface area (TPSA) is 66.4 Å². The summed E-state index contributed by atoms with van der Waals surface area (Å²) in [5.41, 5.74) is -0.969. The standard InChI is InChI=1S/C16H26F3NO3/c1-3-15(4-2,14(22)23)10-20-13(21)9-11-5-7-12(8-6-11)16(17,18)19/h11-12H,3-10H2,1-2H3,(H,20,21)(H,22,23). The van der Waals surface area contributed by atoms with E-state index >= 15 is 0 Å². The van der Waals surface area contributed by atoms with Crippen LogP contribution in [0.1, 0.15) is 58.8 Å². The number of carbonyl (C=O) groups is 2. The Morgan fingerprint density at radius 1 is 1.09 bits per heavy atom. The fraction of sp³-hybridized carbons (Fsp3) is 0.875. The lowest BCUT2D eigenvalue weighted by atomic mass is 9.79. The van der Waals surface area contributed by atoms with Crippen molar-refractivity contribution in [3.8, 4) is 0 Å². The number of carbonyl (C=O) groups excluding carboxylic acids is 1. The third-order valence-corrected chi connectivity index (χ3v) is 5.21. The summed E-state index contributed by atoms with van der Waals surface area (Å²) in [5.74, 6) is -2.50. The minimum absolute atomic E-state index is 0.0453. The van der Waals surface area contributed by atoms with E-state index < -0.39 is 23.5 Å². The van der Waals surface area contributed by atoms with Gasteiger partial charge in [0.15, 0.2) is 0 Å². The Morgan fingerprint density at radius 2 is 1.61 bits per heavy atom. The number of carboxylic acid groups (broad SMARTS) is 1. The Labute approximate surface area is 134 Å². The number of aliphatic carboxylic acids is 1. The highest BCUT2D eigenvalue weighted by Crippen LogP contribution is 2.40. The monoisotopic (exact) mass is 337 g/mol. The summed E-state index contributed by atoms with van der Waals surface area (Å²) in [6.45, 7) is 3.59. The van der Waals surface area contributed by atoms with E-state index in [1.165, 1.54) is 0 Å². The number of halogens is 3. The van der Waals surface area contributed by atoms with Gasteiger partial charge in [0.25, 0.3) is 0 Å². The third-order valence-electron chi connectivity index (χ3n) is 5.21. The summed E-state index contributed by atoms with van der Waals surface area (Å²) in [5, 5.41) is 12.0. The fourth-order valence-electron chi connectivity index (χ4n) is 3.17. The molecule has 0 spiro atoms. The molecule has 2 N–H and O–H groups in total. The van der Waals surface area contributed by atoms with E-state index in [-0.39, 0.29) is 37.6 Å². The van der Waals surface area contributed by atoms with Gasteiger partial charge in [0.2, 0.25) is 5.91 Å². The van der Waals surface area contributed by atoms with Crippen LogP contribution in [-0.2, 0) is 9.59 Å². The maximum atomic E-state index is 12.6. The average Bonchev–Trinajstić information content (AvgIpc) is 2.48. The van der Waals surface area contributed by atoms with E-state index in [0.717, 1.165) is 0 Å². The second kappa shape index (κ2) is 8.02. The molecule has 0 aliphatic heterocycles. The number of hydrogen-bond acceptors (Lipinski definition) is 2. The lowest BCUT2D eigenvalue weighted by Gasteiger charge is -2.30. The minimum Gasteiger partial charge on any atom is -0.481 e. The predicted octanol–water partition coefficient (Wildman–Crippen LogP) is 3.75. The van der Waals surface area contributed by atoms with Gasteiger partial charge in [-0.25, -0.2) is 0 Å². The molecule has 0 saturated heterocycles. The van der Waals surface area contributed by atoms with Gasteiger partial charge in [-0.15, -0.1) is 0 Å². The smallest absolute Gasteiger partial charge is 0.391 e. The molecule has 0 radical (unpaired) electrons. The molecule has 1 saturated carbocycles. The molecule has 7 heteroatoms. The van der Waals surface area contributed by atoms with Crippen LogP contribution in [0.15, 0.2) is 0 Å². The molecule has 0 aromatic heterocycles. The predicted molar refractivity (Wildman–Crippen MR) is 79.8 cm³/mol. The van der Waals surface area contributed by atoms with Crippen LogP contribution in [-0.4, -0.2) is 29.7 Å². The van der Waals surface area contributed by atoms with Crippen LogP contribution in [0.5, 0.6) is 0 Å². The van der Waals surface area contributed by atoms with Gasteiger partial charge < -0.3 is 10.4 Å². The minimum atomic E-state index is -4.14. The van der Waals surface area contributed by atoms with Crippen molar-refractivity contribution in [2.24, 2.45) is 17.3 Å². The Hall–Kier alpha value is -1.27. The van der Waals surface area contributed by atoms with Gasteiger partial charge in [-0.2, -0.15) is 13.2 Å². The average molecular weight is 337 g/mol. The van der Waals surface area contributed by atoms with Crippen molar-refractivity contribution in [1.29, 1.82) is 0 Å². The lowest BCUT2D eigenvalue weighted by Crippen LogP contribution is -2.43. The molecule has 0 bridgehead atoms. The number of alkyl halides is 3. The maximum absolute atomic E-state index is 12.6. The van der Waals surface area contributed by atoms with E-state index in [0.29, 0.717) is 25.7 Å². The molecular formula is C16H26F3NO3. The second-order valence-electron chi connectivity index (χ2n) is 6.53. The molecule has 1 rings (SSSR count). The highest BCUT2D eigenvalue weighted by Gasteiger charge is 2.41. The van der Waals surface area contributed by atoms with Gasteiger partial charge in [0.1, 0.15) is 0 Å². The van der Waals surface area contributed by atoms with E-state index in [2.05, 4.69) is 5.32 Å². The number of hydrogen-bond donors (Lipinski definition) is 2. The summed E-state index contributed by atoms with van der Waals surface area (Å²) in [6.07, 6.45) is -2.21. The van der Waals surface area contributed by atoms with Crippen molar-refractivity contribution in [2.45, 2.75) is 65.0 Å². The highest BCUT2D eigenvalue weighted by molar-refractivity contribution is 5.79. The number of carboxylic acids is 1. The maximum Gasteiger partial charge on any atom is 0.391 e. The molecular weight excluding hydrogens is 311 g/mol. The quantitative estimate of drug-likeness (QED) is 0.743. The first-order chi connectivity index (χ1) is 10.6. The first kappa shape index (κ1) is 19.8. The van der Waals surface area contributed by atoms with Gasteiger partial charge in [-0.05, 0) is 44.4 Å². The van der Waals surface area contributed by atoms with Crippen molar-refractivity contribution in [2.75, 3.05) is 6.54 Å². The Kier molecular flexibility index (Phi) is 6.89. The number of rotatable bonds is 7. The lowest BCUT2D eigenvalue weighted by molar-refractivity contribution is -0.184. The molecule has 1 aliphatic rings. The second-order valence-corrected chi connectivity index (χ2v) is 6.53. The van der Waals surface area contributed by atoms with E-state index in [4.69, 9.17) is 0 Å². The molecule has 23 heavy (non-hydrogen) atoms. The first-order valence-corrected chi connectivity index (χ1v) is 8.21. The summed E-state index contributed by atoms with van der Waals surface area (Å²) in [7, 11) is 0. The zero-order valence-electron chi connectivity index (χ0n) is 13.7. The molecule has 0 heterocycles. The largest absolute Gasteiger partial charge is 0.481 e. The first-order valence-electron chi connectivity index (χ1n) is 8.21. The van der Waals surface area contributed by atoms with Crippen LogP contribution in [0.4, 0.5) is 13.2 Å². The van der Waals surface area contributed by atoms with Crippen LogP contribution < -0.4 is 5.32 Å². The molecule has 0 unspecified atom stereocenters. The zero-order valence-corrected chi connectivity index (χ0v) is 13.7. The summed E-state index contributed by atoms with van der Waals surface area (Å²) in [6, 6.07) is 0. The molecule has 0 atom stereocenters. The summed E-state index contributed by atoms with van der Waals surface area (Å²) >= 11 is 0. The molecule has 1 aliphatic carbocycles. The third kappa shape index (κ3) is 5.39. The molecule has 0 aromatic carbocycles. The summed E-state index contributed by atoms with van der Waals surface area (Å²) < 4.78 is 37.8. The van der Waals surface area contributed by atoms with Gasteiger partial charge in [-0.3, -0.25) is 9.59 Å². The SMILES string of the molecule is CCC(CC)(CNC(=O)CC1CCC(C(F)(F)F)CC1)C(=O)O. The van der Waals surface area contributed by atoms with Crippen molar-refractivity contribution >= 4 is 11.9 Å². The van der Waals surface area contributed by atoms with E-state index in [1.807, 2.05) is 0 Å². The normalized spacial score (nSPS) is 22.7. The van der Waals surface area contributed by atoms with Crippen molar-refractivity contribution in [3.05, 3.63) is 0 Å². The van der Waals surface area contributed by atoms with Gasteiger partial charge in [0.05, 0.1) is 11.3 Å². The number of nitrogens with one attached hydrogen (secondary N) is 1. The van der Waals surface area contributed by atoms with Crippen LogP contribution in [0.3, 0.4) is 0 Å². The van der Waals surface area contributed by atoms with Gasteiger partial charge in [0, 0.05) is 13.0 Å². The Bertz CT molecular complexity index is 411. The number of amides is 1. The fourth-order valence-corrected chi connectivity index (χ4v) is 3.17.